The van der Waals surface area contributed by atoms with Crippen LogP contribution in [-0.4, -0.2) is 72.6 Å². The molecule has 0 spiro atoms. The zero-order valence-corrected chi connectivity index (χ0v) is 26.9. The first-order valence-electron chi connectivity index (χ1n) is 15.8. The Bertz CT molecular complexity index is 1210. The molecule has 246 valence electrons. The molecule has 0 saturated carbocycles. The van der Waals surface area contributed by atoms with E-state index in [-0.39, 0.29) is 57.0 Å². The molecule has 2 N–H and O–H groups in total. The molecule has 45 heavy (non-hydrogen) atoms. The summed E-state index contributed by atoms with van der Waals surface area (Å²) in [5.41, 5.74) is 4.26. The van der Waals surface area contributed by atoms with Gasteiger partial charge in [0.05, 0.1) is 20.3 Å². The zero-order chi connectivity index (χ0) is 32.6. The second-order valence-corrected chi connectivity index (χ2v) is 11.6. The Hall–Kier alpha value is -3.96. The fourth-order valence-electron chi connectivity index (χ4n) is 5.26. The van der Waals surface area contributed by atoms with Gasteiger partial charge in [-0.3, -0.25) is 24.5 Å². The lowest BCUT2D eigenvalue weighted by molar-refractivity contribution is -0.150. The Morgan fingerprint density at radius 1 is 0.911 bits per heavy atom. The van der Waals surface area contributed by atoms with Crippen molar-refractivity contribution >= 4 is 23.9 Å². The largest absolute Gasteiger partial charge is 0.468 e. The number of hydroxylamine groups is 1. The molecule has 0 bridgehead atoms. The Balaban J connectivity index is 1.73. The number of nitrogens with zero attached hydrogens (tertiary/aromatic N) is 2. The van der Waals surface area contributed by atoms with Crippen LogP contribution in [0.1, 0.15) is 64.0 Å². The van der Waals surface area contributed by atoms with Crippen LogP contribution in [0.3, 0.4) is 0 Å². The summed E-state index contributed by atoms with van der Waals surface area (Å²) in [5, 5.41) is 3.28. The van der Waals surface area contributed by atoms with E-state index >= 15 is 0 Å². The van der Waals surface area contributed by atoms with Crippen LogP contribution >= 0.6 is 0 Å². The molecular formula is C34H48N4O7. The summed E-state index contributed by atoms with van der Waals surface area (Å²) < 4.78 is 10.6. The summed E-state index contributed by atoms with van der Waals surface area (Å²) in [5.74, 6) is -1.82. The molecule has 3 amide bonds. The molecule has 0 aliphatic carbocycles. The van der Waals surface area contributed by atoms with Gasteiger partial charge in [0.1, 0.15) is 18.8 Å². The quantitative estimate of drug-likeness (QED) is 0.160. The monoisotopic (exact) mass is 624 g/mol. The minimum absolute atomic E-state index is 0.0476. The summed E-state index contributed by atoms with van der Waals surface area (Å²) >= 11 is 0. The van der Waals surface area contributed by atoms with Crippen molar-refractivity contribution < 1.29 is 33.5 Å². The van der Waals surface area contributed by atoms with Crippen molar-refractivity contribution in [2.75, 3.05) is 26.7 Å². The minimum atomic E-state index is -0.719. The maximum Gasteiger partial charge on any atom is 0.410 e. The standard InChI is InChI=1S/C34H48N4O7/c1-5-6-9-18-28(21-30(39)36-45-24-27-16-12-8-13-17-27)32(40)38-20-19-37(34(42)44-23-26-14-10-7-11-15-26)22-29(38)35-31(25(2)3)33(41)43-4/h7-8,10-17,25,28-29,31,35H,5-6,9,18-24H2,1-4H3,(H,36,39)/t28-,29+,31+/m1/s1. The van der Waals surface area contributed by atoms with E-state index in [0.717, 1.165) is 30.4 Å². The van der Waals surface area contributed by atoms with Gasteiger partial charge in [-0.1, -0.05) is 101 Å². The van der Waals surface area contributed by atoms with Crippen LogP contribution in [0.5, 0.6) is 0 Å². The summed E-state index contributed by atoms with van der Waals surface area (Å²) in [6.07, 6.45) is 1.95. The van der Waals surface area contributed by atoms with Gasteiger partial charge in [-0.05, 0) is 23.5 Å². The van der Waals surface area contributed by atoms with Gasteiger partial charge in [-0.2, -0.15) is 0 Å². The zero-order valence-electron chi connectivity index (χ0n) is 26.9. The molecule has 0 unspecified atom stereocenters. The number of unbranched alkanes of at least 4 members (excludes halogenated alkanes) is 2. The predicted octanol–water partition coefficient (Wildman–Crippen LogP) is 4.42. The number of esters is 1. The summed E-state index contributed by atoms with van der Waals surface area (Å²) in [6, 6.07) is 18.1. The van der Waals surface area contributed by atoms with Crippen molar-refractivity contribution in [3.05, 3.63) is 71.8 Å². The van der Waals surface area contributed by atoms with Crippen LogP contribution in [0.4, 0.5) is 4.79 Å². The topological polar surface area (TPSA) is 127 Å². The Morgan fingerprint density at radius 3 is 2.16 bits per heavy atom. The average molecular weight is 625 g/mol. The molecule has 1 heterocycles. The number of methoxy groups -OCH3 is 1. The van der Waals surface area contributed by atoms with E-state index in [9.17, 15) is 19.2 Å². The van der Waals surface area contributed by atoms with Gasteiger partial charge in [-0.25, -0.2) is 10.3 Å². The molecular weight excluding hydrogens is 576 g/mol. The highest BCUT2D eigenvalue weighted by molar-refractivity contribution is 5.86. The normalized spacial score (nSPS) is 16.2. The molecule has 1 aliphatic heterocycles. The van der Waals surface area contributed by atoms with E-state index in [4.69, 9.17) is 14.3 Å². The molecule has 0 aromatic heterocycles. The van der Waals surface area contributed by atoms with Gasteiger partial charge in [0, 0.05) is 25.4 Å². The van der Waals surface area contributed by atoms with Crippen molar-refractivity contribution in [3.8, 4) is 0 Å². The van der Waals surface area contributed by atoms with Gasteiger partial charge in [0.2, 0.25) is 11.8 Å². The third-order valence-electron chi connectivity index (χ3n) is 7.83. The van der Waals surface area contributed by atoms with Crippen molar-refractivity contribution in [1.82, 2.24) is 20.6 Å². The van der Waals surface area contributed by atoms with Crippen molar-refractivity contribution in [2.24, 2.45) is 11.8 Å². The van der Waals surface area contributed by atoms with Gasteiger partial charge < -0.3 is 19.3 Å². The molecule has 1 saturated heterocycles. The number of amides is 3. The summed E-state index contributed by atoms with van der Waals surface area (Å²) in [4.78, 5) is 61.4. The fourth-order valence-corrected chi connectivity index (χ4v) is 5.26. The maximum absolute atomic E-state index is 14.1. The third-order valence-corrected chi connectivity index (χ3v) is 7.83. The smallest absolute Gasteiger partial charge is 0.410 e. The number of hydrogen-bond acceptors (Lipinski definition) is 8. The lowest BCUT2D eigenvalue weighted by Gasteiger charge is -2.44. The summed E-state index contributed by atoms with van der Waals surface area (Å²) in [6.45, 7) is 6.72. The van der Waals surface area contributed by atoms with Crippen molar-refractivity contribution in [2.45, 2.75) is 78.3 Å². The second-order valence-electron chi connectivity index (χ2n) is 11.6. The molecule has 3 rings (SSSR count). The van der Waals surface area contributed by atoms with Crippen LogP contribution in [0, 0.1) is 11.8 Å². The number of benzene rings is 2. The van der Waals surface area contributed by atoms with Crippen molar-refractivity contribution in [3.63, 3.8) is 0 Å². The highest BCUT2D eigenvalue weighted by Gasteiger charge is 2.39. The van der Waals surface area contributed by atoms with Crippen LogP contribution < -0.4 is 10.8 Å². The van der Waals surface area contributed by atoms with Crippen LogP contribution in [0.25, 0.3) is 0 Å². The molecule has 11 nitrogen and oxygen atoms in total. The molecule has 1 aliphatic rings. The number of carbonyl (C=O) groups is 4. The van der Waals surface area contributed by atoms with Crippen LogP contribution in [0.2, 0.25) is 0 Å². The highest BCUT2D eigenvalue weighted by Crippen LogP contribution is 2.22. The molecule has 3 atom stereocenters. The van der Waals surface area contributed by atoms with E-state index < -0.39 is 30.2 Å². The first-order valence-corrected chi connectivity index (χ1v) is 15.8. The molecule has 11 heteroatoms. The lowest BCUT2D eigenvalue weighted by Crippen LogP contribution is -2.65. The van der Waals surface area contributed by atoms with Gasteiger partial charge in [0.15, 0.2) is 0 Å². The molecule has 2 aromatic rings. The second kappa shape index (κ2) is 18.8. The van der Waals surface area contributed by atoms with E-state index in [2.05, 4.69) is 17.7 Å². The van der Waals surface area contributed by atoms with E-state index in [1.54, 1.807) is 4.90 Å². The number of carbonyl (C=O) groups excluding carboxylic acids is 4. The van der Waals surface area contributed by atoms with Crippen LogP contribution in [0.15, 0.2) is 60.7 Å². The average Bonchev–Trinajstić information content (AvgIpc) is 3.05. The van der Waals surface area contributed by atoms with E-state index in [0.29, 0.717) is 6.42 Å². The number of hydrogen-bond donors (Lipinski definition) is 2. The van der Waals surface area contributed by atoms with Gasteiger partial charge in [-0.15, -0.1) is 0 Å². The Labute approximate surface area is 266 Å². The number of rotatable bonds is 16. The number of ether oxygens (including phenoxy) is 2. The van der Waals surface area contributed by atoms with Gasteiger partial charge >= 0.3 is 12.1 Å². The number of piperazine rings is 1. The Kier molecular flexibility index (Phi) is 14.8. The Morgan fingerprint density at radius 2 is 1.56 bits per heavy atom. The first-order chi connectivity index (χ1) is 21.7. The minimum Gasteiger partial charge on any atom is -0.468 e. The SMILES string of the molecule is CCCCC[C@H](CC(=O)NOCc1ccccc1)C(=O)N1CCN(C(=O)OCc2ccccc2)C[C@H]1N[C@H](C(=O)OC)C(C)C. The third kappa shape index (κ3) is 11.5. The van der Waals surface area contributed by atoms with Crippen LogP contribution in [-0.2, 0) is 41.9 Å². The molecule has 1 fully saturated rings. The van der Waals surface area contributed by atoms with E-state index in [1.807, 2.05) is 74.5 Å². The summed E-state index contributed by atoms with van der Waals surface area (Å²) in [7, 11) is 1.32. The first kappa shape index (κ1) is 35.5. The predicted molar refractivity (Wildman–Crippen MR) is 169 cm³/mol. The number of nitrogens with one attached hydrogen (secondary N) is 2. The lowest BCUT2D eigenvalue weighted by atomic mass is 9.95. The maximum atomic E-state index is 14.1. The molecule has 0 radical (unpaired) electrons. The van der Waals surface area contributed by atoms with Gasteiger partial charge in [0.25, 0.3) is 0 Å². The highest BCUT2D eigenvalue weighted by atomic mass is 16.6. The molecule has 2 aromatic carbocycles. The van der Waals surface area contributed by atoms with Crippen molar-refractivity contribution in [1.29, 1.82) is 0 Å². The van der Waals surface area contributed by atoms with E-state index in [1.165, 1.54) is 12.0 Å². The fraction of sp³-hybridized carbons (Fsp3) is 0.529.